The number of para-hydroxylation sites is 1. The van der Waals surface area contributed by atoms with Crippen LogP contribution in [0.15, 0.2) is 53.0 Å². The zero-order valence-electron chi connectivity index (χ0n) is 10.9. The van der Waals surface area contributed by atoms with E-state index in [0.29, 0.717) is 5.69 Å². The highest BCUT2D eigenvalue weighted by molar-refractivity contribution is 9.10. The van der Waals surface area contributed by atoms with Gasteiger partial charge in [0.15, 0.2) is 5.82 Å². The van der Waals surface area contributed by atoms with Crippen molar-refractivity contribution in [1.82, 2.24) is 14.8 Å². The second-order valence-corrected chi connectivity index (χ2v) is 5.34. The third-order valence-corrected chi connectivity index (χ3v) is 3.76. The second kappa shape index (κ2) is 5.09. The maximum Gasteiger partial charge on any atom is 0.169 e. The summed E-state index contributed by atoms with van der Waals surface area (Å²) in [6.45, 7) is 1.93. The van der Waals surface area contributed by atoms with Crippen molar-refractivity contribution in [3.05, 3.63) is 58.8 Å². The molecular weight excluding hydrogens is 316 g/mol. The van der Waals surface area contributed by atoms with Crippen molar-refractivity contribution in [3.8, 4) is 17.1 Å². The fourth-order valence-electron chi connectivity index (χ4n) is 2.14. The van der Waals surface area contributed by atoms with Crippen LogP contribution in [-0.4, -0.2) is 14.8 Å². The summed E-state index contributed by atoms with van der Waals surface area (Å²) in [7, 11) is 0. The van der Waals surface area contributed by atoms with Crippen LogP contribution >= 0.6 is 15.9 Å². The second-order valence-electron chi connectivity index (χ2n) is 4.48. The van der Waals surface area contributed by atoms with Crippen LogP contribution in [0.2, 0.25) is 0 Å². The van der Waals surface area contributed by atoms with Crippen LogP contribution < -0.4 is 5.73 Å². The van der Waals surface area contributed by atoms with Gasteiger partial charge >= 0.3 is 0 Å². The molecule has 0 saturated carbocycles. The Hall–Kier alpha value is -2.14. The summed E-state index contributed by atoms with van der Waals surface area (Å²) in [6.07, 6.45) is 0. The van der Waals surface area contributed by atoms with Gasteiger partial charge in [-0.1, -0.05) is 34.1 Å². The SMILES string of the molecule is Cc1nnc(-c2cc(N)ccc2Br)n1-c1ccccc1. The minimum Gasteiger partial charge on any atom is -0.399 e. The zero-order chi connectivity index (χ0) is 14.1. The van der Waals surface area contributed by atoms with E-state index in [1.54, 1.807) is 0 Å². The first kappa shape index (κ1) is 12.9. The van der Waals surface area contributed by atoms with Crippen LogP contribution in [0.3, 0.4) is 0 Å². The van der Waals surface area contributed by atoms with E-state index in [4.69, 9.17) is 5.73 Å². The largest absolute Gasteiger partial charge is 0.399 e. The van der Waals surface area contributed by atoms with Crippen LogP contribution in [0.5, 0.6) is 0 Å². The quantitative estimate of drug-likeness (QED) is 0.731. The number of aromatic nitrogens is 3. The van der Waals surface area contributed by atoms with Gasteiger partial charge in [0.2, 0.25) is 0 Å². The first-order valence-electron chi connectivity index (χ1n) is 6.19. The minimum atomic E-state index is 0.698. The van der Waals surface area contributed by atoms with Crippen molar-refractivity contribution >= 4 is 21.6 Å². The lowest BCUT2D eigenvalue weighted by molar-refractivity contribution is 0.972. The highest BCUT2D eigenvalue weighted by Crippen LogP contribution is 2.30. The predicted octanol–water partition coefficient (Wildman–Crippen LogP) is 3.59. The van der Waals surface area contributed by atoms with Crippen LogP contribution in [0.4, 0.5) is 5.69 Å². The molecule has 2 aromatic carbocycles. The van der Waals surface area contributed by atoms with Crippen LogP contribution in [-0.2, 0) is 0 Å². The molecule has 100 valence electrons. The highest BCUT2D eigenvalue weighted by Gasteiger charge is 2.15. The van der Waals surface area contributed by atoms with Gasteiger partial charge in [0.05, 0.1) is 0 Å². The topological polar surface area (TPSA) is 56.7 Å². The Balaban J connectivity index is 2.24. The first-order valence-corrected chi connectivity index (χ1v) is 6.99. The molecule has 1 aromatic heterocycles. The van der Waals surface area contributed by atoms with Crippen LogP contribution in [0, 0.1) is 6.92 Å². The number of benzene rings is 2. The molecule has 0 saturated heterocycles. The molecule has 0 fully saturated rings. The van der Waals surface area contributed by atoms with E-state index in [2.05, 4.69) is 26.1 Å². The molecule has 1 heterocycles. The average Bonchev–Trinajstić information content (AvgIpc) is 2.84. The van der Waals surface area contributed by atoms with E-state index in [-0.39, 0.29) is 0 Å². The number of nitrogens with two attached hydrogens (primary N) is 1. The Kier molecular flexibility index (Phi) is 3.28. The van der Waals surface area contributed by atoms with Crippen molar-refractivity contribution in [2.75, 3.05) is 5.73 Å². The molecule has 0 aliphatic rings. The van der Waals surface area contributed by atoms with Gasteiger partial charge in [0, 0.05) is 21.4 Å². The monoisotopic (exact) mass is 328 g/mol. The van der Waals surface area contributed by atoms with E-state index >= 15 is 0 Å². The molecule has 0 aliphatic heterocycles. The first-order chi connectivity index (χ1) is 9.66. The van der Waals surface area contributed by atoms with Gasteiger partial charge < -0.3 is 5.73 Å². The summed E-state index contributed by atoms with van der Waals surface area (Å²) in [4.78, 5) is 0. The van der Waals surface area contributed by atoms with E-state index in [1.807, 2.05) is 60.0 Å². The molecule has 4 nitrogen and oxygen atoms in total. The minimum absolute atomic E-state index is 0.698. The third-order valence-electron chi connectivity index (χ3n) is 3.07. The van der Waals surface area contributed by atoms with E-state index in [0.717, 1.165) is 27.4 Å². The molecule has 0 unspecified atom stereocenters. The average molecular weight is 329 g/mol. The molecule has 0 radical (unpaired) electrons. The lowest BCUT2D eigenvalue weighted by Crippen LogP contribution is -2.00. The Morgan fingerprint density at radius 3 is 2.55 bits per heavy atom. The van der Waals surface area contributed by atoms with E-state index in [9.17, 15) is 0 Å². The summed E-state index contributed by atoms with van der Waals surface area (Å²) >= 11 is 3.55. The Morgan fingerprint density at radius 1 is 1.05 bits per heavy atom. The molecule has 3 rings (SSSR count). The summed E-state index contributed by atoms with van der Waals surface area (Å²) in [5.41, 5.74) is 8.53. The maximum absolute atomic E-state index is 5.88. The molecule has 20 heavy (non-hydrogen) atoms. The zero-order valence-corrected chi connectivity index (χ0v) is 12.5. The summed E-state index contributed by atoms with van der Waals surface area (Å²) < 4.78 is 2.95. The number of nitrogen functional groups attached to an aromatic ring is 1. The Bertz CT molecular complexity index is 750. The van der Waals surface area contributed by atoms with E-state index < -0.39 is 0 Å². The fraction of sp³-hybridized carbons (Fsp3) is 0.0667. The van der Waals surface area contributed by atoms with Crippen molar-refractivity contribution in [3.63, 3.8) is 0 Å². The van der Waals surface area contributed by atoms with Crippen LogP contribution in [0.25, 0.3) is 17.1 Å². The maximum atomic E-state index is 5.88. The molecule has 0 atom stereocenters. The van der Waals surface area contributed by atoms with Crippen LogP contribution in [0.1, 0.15) is 5.82 Å². The summed E-state index contributed by atoms with van der Waals surface area (Å²) in [5.74, 6) is 1.60. The van der Waals surface area contributed by atoms with Gasteiger partial charge in [0.1, 0.15) is 5.82 Å². The van der Waals surface area contributed by atoms with Crippen molar-refractivity contribution < 1.29 is 0 Å². The molecule has 0 bridgehead atoms. The lowest BCUT2D eigenvalue weighted by atomic mass is 10.2. The number of hydrogen-bond donors (Lipinski definition) is 1. The number of anilines is 1. The predicted molar refractivity (Wildman–Crippen MR) is 83.6 cm³/mol. The molecule has 0 aliphatic carbocycles. The number of aryl methyl sites for hydroxylation is 1. The fourth-order valence-corrected chi connectivity index (χ4v) is 2.56. The smallest absolute Gasteiger partial charge is 0.169 e. The van der Waals surface area contributed by atoms with Crippen molar-refractivity contribution in [2.45, 2.75) is 6.92 Å². The number of hydrogen-bond acceptors (Lipinski definition) is 3. The normalized spacial score (nSPS) is 10.7. The number of rotatable bonds is 2. The Labute approximate surface area is 125 Å². The van der Waals surface area contributed by atoms with Gasteiger partial charge in [-0.3, -0.25) is 4.57 Å². The van der Waals surface area contributed by atoms with Gasteiger partial charge in [-0.05, 0) is 37.3 Å². The Morgan fingerprint density at radius 2 is 1.80 bits per heavy atom. The summed E-state index contributed by atoms with van der Waals surface area (Å²) in [6, 6.07) is 15.7. The van der Waals surface area contributed by atoms with Gasteiger partial charge in [-0.2, -0.15) is 0 Å². The van der Waals surface area contributed by atoms with Crippen molar-refractivity contribution in [1.29, 1.82) is 0 Å². The van der Waals surface area contributed by atoms with Gasteiger partial charge in [-0.15, -0.1) is 10.2 Å². The lowest BCUT2D eigenvalue weighted by Gasteiger charge is -2.10. The number of halogens is 1. The molecule has 5 heteroatoms. The third kappa shape index (κ3) is 2.20. The highest BCUT2D eigenvalue weighted by atomic mass is 79.9. The van der Waals surface area contributed by atoms with Crippen molar-refractivity contribution in [2.24, 2.45) is 0 Å². The molecule has 3 aromatic rings. The van der Waals surface area contributed by atoms with Gasteiger partial charge in [0.25, 0.3) is 0 Å². The number of nitrogens with zero attached hydrogens (tertiary/aromatic N) is 3. The standard InChI is InChI=1S/C15H13BrN4/c1-10-18-19-15(13-9-11(17)7-8-14(13)16)20(10)12-5-3-2-4-6-12/h2-9H,17H2,1H3. The molecule has 0 spiro atoms. The molecule has 2 N–H and O–H groups in total. The van der Waals surface area contributed by atoms with Gasteiger partial charge in [-0.25, -0.2) is 0 Å². The molecular formula is C15H13BrN4. The summed E-state index contributed by atoms with van der Waals surface area (Å²) in [5, 5.41) is 8.48. The van der Waals surface area contributed by atoms with E-state index in [1.165, 1.54) is 0 Å². The molecule has 0 amide bonds.